The third-order valence-electron chi connectivity index (χ3n) is 2.92. The molecular formula is C13H22N2O4S. The normalized spacial score (nSPS) is 15.3. The number of hydrogen-bond donors (Lipinski definition) is 2. The van der Waals surface area contributed by atoms with Gasteiger partial charge in [0.05, 0.1) is 17.6 Å². The summed E-state index contributed by atoms with van der Waals surface area (Å²) in [6, 6.07) is 6.27. The Bertz CT molecular complexity index is 531. The molecule has 1 aromatic carbocycles. The number of nitrogens with two attached hydrogens (primary N) is 1. The number of likely N-dealkylation sites (N-methyl/N-ethyl adjacent to an activating group) is 1. The Labute approximate surface area is 120 Å². The van der Waals surface area contributed by atoms with Gasteiger partial charge < -0.3 is 15.6 Å². The highest BCUT2D eigenvalue weighted by Gasteiger charge is 2.23. The highest BCUT2D eigenvalue weighted by molar-refractivity contribution is 7.89. The SMILES string of the molecule is COCC(O)CN(C)S(=O)(=O)c1cccc(C(C)N)c1. The van der Waals surface area contributed by atoms with Crippen molar-refractivity contribution in [2.24, 2.45) is 5.73 Å². The topological polar surface area (TPSA) is 92.9 Å². The van der Waals surface area contributed by atoms with Gasteiger partial charge in [-0.1, -0.05) is 12.1 Å². The zero-order valence-corrected chi connectivity index (χ0v) is 12.8. The molecule has 2 unspecified atom stereocenters. The minimum Gasteiger partial charge on any atom is -0.389 e. The molecule has 1 aromatic rings. The van der Waals surface area contributed by atoms with Crippen molar-refractivity contribution in [3.05, 3.63) is 29.8 Å². The lowest BCUT2D eigenvalue weighted by molar-refractivity contribution is 0.0554. The number of aliphatic hydroxyl groups is 1. The molecule has 0 aliphatic rings. The van der Waals surface area contributed by atoms with Gasteiger partial charge in [0.1, 0.15) is 0 Å². The lowest BCUT2D eigenvalue weighted by Crippen LogP contribution is -2.36. The lowest BCUT2D eigenvalue weighted by Gasteiger charge is -2.20. The van der Waals surface area contributed by atoms with Gasteiger partial charge in [0.25, 0.3) is 0 Å². The lowest BCUT2D eigenvalue weighted by atomic mass is 10.1. The van der Waals surface area contributed by atoms with Crippen LogP contribution in [0, 0.1) is 0 Å². The molecule has 6 nitrogen and oxygen atoms in total. The van der Waals surface area contributed by atoms with Crippen LogP contribution in [0.5, 0.6) is 0 Å². The number of hydrogen-bond acceptors (Lipinski definition) is 5. The maximum atomic E-state index is 12.4. The Morgan fingerprint density at radius 1 is 1.45 bits per heavy atom. The summed E-state index contributed by atoms with van der Waals surface area (Å²) in [6.07, 6.45) is -0.864. The monoisotopic (exact) mass is 302 g/mol. The van der Waals surface area contributed by atoms with Crippen LogP contribution in [-0.4, -0.2) is 51.2 Å². The fourth-order valence-electron chi connectivity index (χ4n) is 1.78. The first kappa shape index (κ1) is 17.1. The summed E-state index contributed by atoms with van der Waals surface area (Å²) in [5.74, 6) is 0. The Morgan fingerprint density at radius 3 is 2.65 bits per heavy atom. The van der Waals surface area contributed by atoms with Crippen molar-refractivity contribution in [2.45, 2.75) is 24.0 Å². The molecule has 0 spiro atoms. The molecule has 0 amide bonds. The summed E-state index contributed by atoms with van der Waals surface area (Å²) >= 11 is 0. The van der Waals surface area contributed by atoms with Crippen molar-refractivity contribution in [2.75, 3.05) is 27.3 Å². The van der Waals surface area contributed by atoms with E-state index in [0.717, 1.165) is 9.87 Å². The molecule has 0 saturated carbocycles. The number of aliphatic hydroxyl groups excluding tert-OH is 1. The first-order chi connectivity index (χ1) is 9.28. The van der Waals surface area contributed by atoms with Gasteiger partial charge in [-0.25, -0.2) is 8.42 Å². The van der Waals surface area contributed by atoms with Crippen LogP contribution >= 0.6 is 0 Å². The quantitative estimate of drug-likeness (QED) is 0.757. The summed E-state index contributed by atoms with van der Waals surface area (Å²) in [7, 11) is -0.775. The minimum atomic E-state index is -3.65. The van der Waals surface area contributed by atoms with Crippen LogP contribution in [0.25, 0.3) is 0 Å². The number of benzene rings is 1. The molecule has 3 N–H and O–H groups in total. The Kier molecular flexibility index (Phi) is 6.09. The zero-order valence-electron chi connectivity index (χ0n) is 12.0. The number of sulfonamides is 1. The maximum Gasteiger partial charge on any atom is 0.242 e. The molecule has 0 aliphatic heterocycles. The van der Waals surface area contributed by atoms with E-state index in [1.54, 1.807) is 25.1 Å². The van der Waals surface area contributed by atoms with Crippen molar-refractivity contribution in [1.29, 1.82) is 0 Å². The van der Waals surface area contributed by atoms with E-state index in [0.29, 0.717) is 0 Å². The minimum absolute atomic E-state index is 0.0292. The molecule has 0 aromatic heterocycles. The van der Waals surface area contributed by atoms with Gasteiger partial charge in [0, 0.05) is 26.7 Å². The van der Waals surface area contributed by atoms with Gasteiger partial charge in [-0.2, -0.15) is 4.31 Å². The van der Waals surface area contributed by atoms with E-state index in [-0.39, 0.29) is 24.1 Å². The maximum absolute atomic E-state index is 12.4. The van der Waals surface area contributed by atoms with Gasteiger partial charge in [-0.3, -0.25) is 0 Å². The molecule has 114 valence electrons. The standard InChI is InChI=1S/C13H22N2O4S/c1-10(14)11-5-4-6-13(7-11)20(17,18)15(2)8-12(16)9-19-3/h4-7,10,12,16H,8-9,14H2,1-3H3. The van der Waals surface area contributed by atoms with Crippen molar-refractivity contribution < 1.29 is 18.3 Å². The van der Waals surface area contributed by atoms with Gasteiger partial charge in [0.2, 0.25) is 10.0 Å². The van der Waals surface area contributed by atoms with Crippen molar-refractivity contribution >= 4 is 10.0 Å². The largest absolute Gasteiger partial charge is 0.389 e. The summed E-state index contributed by atoms with van der Waals surface area (Å²) in [5.41, 5.74) is 6.50. The fraction of sp³-hybridized carbons (Fsp3) is 0.538. The average Bonchev–Trinajstić information content (AvgIpc) is 2.38. The summed E-state index contributed by atoms with van der Waals surface area (Å²) < 4.78 is 30.7. The molecule has 0 heterocycles. The van der Waals surface area contributed by atoms with Crippen LogP contribution in [0.15, 0.2) is 29.2 Å². The van der Waals surface area contributed by atoms with E-state index < -0.39 is 16.1 Å². The Hall–Kier alpha value is -0.990. The highest BCUT2D eigenvalue weighted by atomic mass is 32.2. The molecule has 1 rings (SSSR count). The van der Waals surface area contributed by atoms with Crippen LogP contribution in [0.4, 0.5) is 0 Å². The molecule has 2 atom stereocenters. The van der Waals surface area contributed by atoms with Crippen LogP contribution in [0.1, 0.15) is 18.5 Å². The van der Waals surface area contributed by atoms with Gasteiger partial charge >= 0.3 is 0 Å². The van der Waals surface area contributed by atoms with Crippen LogP contribution in [0.3, 0.4) is 0 Å². The van der Waals surface area contributed by atoms with Crippen LogP contribution < -0.4 is 5.73 Å². The molecule has 0 bridgehead atoms. The van der Waals surface area contributed by atoms with E-state index in [9.17, 15) is 13.5 Å². The number of methoxy groups -OCH3 is 1. The smallest absolute Gasteiger partial charge is 0.242 e. The highest BCUT2D eigenvalue weighted by Crippen LogP contribution is 2.19. The summed E-state index contributed by atoms with van der Waals surface area (Å²) in [5, 5.41) is 9.62. The predicted octanol–water partition coefficient (Wildman–Crippen LogP) is 0.334. The second-order valence-electron chi connectivity index (χ2n) is 4.76. The van der Waals surface area contributed by atoms with Crippen LogP contribution in [-0.2, 0) is 14.8 Å². The third-order valence-corrected chi connectivity index (χ3v) is 4.74. The number of rotatable bonds is 7. The van der Waals surface area contributed by atoms with E-state index in [1.807, 2.05) is 0 Å². The molecule has 0 fully saturated rings. The van der Waals surface area contributed by atoms with Gasteiger partial charge in [-0.05, 0) is 24.6 Å². The van der Waals surface area contributed by atoms with Crippen LogP contribution in [0.2, 0.25) is 0 Å². The van der Waals surface area contributed by atoms with Gasteiger partial charge in [0.15, 0.2) is 0 Å². The van der Waals surface area contributed by atoms with Crippen molar-refractivity contribution in [1.82, 2.24) is 4.31 Å². The van der Waals surface area contributed by atoms with E-state index in [4.69, 9.17) is 10.5 Å². The second-order valence-corrected chi connectivity index (χ2v) is 6.80. The average molecular weight is 302 g/mol. The van der Waals surface area contributed by atoms with E-state index in [1.165, 1.54) is 20.2 Å². The first-order valence-electron chi connectivity index (χ1n) is 6.28. The molecule has 0 saturated heterocycles. The second kappa shape index (κ2) is 7.14. The van der Waals surface area contributed by atoms with Crippen molar-refractivity contribution in [3.63, 3.8) is 0 Å². The van der Waals surface area contributed by atoms with E-state index in [2.05, 4.69) is 0 Å². The zero-order chi connectivity index (χ0) is 15.3. The first-order valence-corrected chi connectivity index (χ1v) is 7.72. The fourth-order valence-corrected chi connectivity index (χ4v) is 3.04. The number of nitrogens with zero attached hydrogens (tertiary/aromatic N) is 1. The number of ether oxygens (including phenoxy) is 1. The Morgan fingerprint density at radius 2 is 2.10 bits per heavy atom. The molecular weight excluding hydrogens is 280 g/mol. The molecule has 7 heteroatoms. The van der Waals surface area contributed by atoms with E-state index >= 15 is 0 Å². The molecule has 0 radical (unpaired) electrons. The summed E-state index contributed by atoms with van der Waals surface area (Å²) in [4.78, 5) is 0.166. The van der Waals surface area contributed by atoms with Gasteiger partial charge in [-0.15, -0.1) is 0 Å². The molecule has 20 heavy (non-hydrogen) atoms. The summed E-state index contributed by atoms with van der Waals surface area (Å²) in [6.45, 7) is 1.84. The third kappa shape index (κ3) is 4.26. The molecule has 0 aliphatic carbocycles. The van der Waals surface area contributed by atoms with Crippen molar-refractivity contribution in [3.8, 4) is 0 Å². The predicted molar refractivity (Wildman–Crippen MR) is 76.7 cm³/mol. The Balaban J connectivity index is 2.95.